The van der Waals surface area contributed by atoms with Crippen LogP contribution in [0.5, 0.6) is 0 Å². The zero-order valence-corrected chi connectivity index (χ0v) is 10.0. The molecule has 0 saturated carbocycles. The van der Waals surface area contributed by atoms with Crippen LogP contribution in [0.4, 0.5) is 0 Å². The van der Waals surface area contributed by atoms with Crippen molar-refractivity contribution in [2.75, 3.05) is 6.54 Å². The van der Waals surface area contributed by atoms with Gasteiger partial charge in [0.05, 0.1) is 12.1 Å². The molecule has 6 nitrogen and oxygen atoms in total. The quantitative estimate of drug-likeness (QED) is 0.802. The number of hydrogen-bond donors (Lipinski definition) is 2. The predicted molar refractivity (Wildman–Crippen MR) is 60.5 cm³/mol. The summed E-state index contributed by atoms with van der Waals surface area (Å²) in [4.78, 5) is 10.2. The minimum atomic E-state index is -3.98. The first-order chi connectivity index (χ1) is 7.86. The van der Waals surface area contributed by atoms with E-state index in [1.54, 1.807) is 6.07 Å². The number of hydrogen-bond acceptors (Lipinski definition) is 4. The fraction of sp³-hybridized carbons (Fsp3) is 0.111. The number of halogens is 1. The molecule has 0 spiro atoms. The van der Waals surface area contributed by atoms with Crippen molar-refractivity contribution in [3.63, 3.8) is 0 Å². The highest BCUT2D eigenvalue weighted by atomic mass is 35.5. The minimum absolute atomic E-state index is 0.0635. The summed E-state index contributed by atoms with van der Waals surface area (Å²) in [7, 11) is -3.98. The second-order valence-electron chi connectivity index (χ2n) is 3.04. The molecule has 0 fully saturated rings. The second-order valence-corrected chi connectivity index (χ2v) is 5.21. The molecule has 3 N–H and O–H groups in total. The Kier molecular flexibility index (Phi) is 4.07. The zero-order valence-electron chi connectivity index (χ0n) is 8.47. The van der Waals surface area contributed by atoms with Crippen LogP contribution in [0.1, 0.15) is 5.56 Å². The van der Waals surface area contributed by atoms with Gasteiger partial charge in [0.2, 0.25) is 15.9 Å². The summed E-state index contributed by atoms with van der Waals surface area (Å²) in [6, 6.07) is 5.53. The number of benzene rings is 1. The van der Waals surface area contributed by atoms with Crippen molar-refractivity contribution < 1.29 is 13.2 Å². The molecule has 8 heteroatoms. The van der Waals surface area contributed by atoms with Crippen molar-refractivity contribution in [3.05, 3.63) is 28.8 Å². The molecule has 0 heterocycles. The summed E-state index contributed by atoms with van der Waals surface area (Å²) in [6.45, 7) is -0.542. The first-order valence-corrected chi connectivity index (χ1v) is 6.20. The summed E-state index contributed by atoms with van der Waals surface area (Å²) in [5.41, 5.74) is 4.76. The van der Waals surface area contributed by atoms with Crippen molar-refractivity contribution in [1.29, 1.82) is 5.26 Å². The van der Waals surface area contributed by atoms with Gasteiger partial charge in [0.1, 0.15) is 11.0 Å². The largest absolute Gasteiger partial charge is 0.369 e. The SMILES string of the molecule is N#Cc1ccc(Cl)cc1S(=O)(=O)NCC(N)=O. The third-order valence-corrected chi connectivity index (χ3v) is 3.47. The Bertz CT molecular complexity index is 592. The van der Waals surface area contributed by atoms with Gasteiger partial charge in [0, 0.05) is 5.02 Å². The third kappa shape index (κ3) is 3.42. The highest BCUT2D eigenvalue weighted by Gasteiger charge is 2.19. The molecular formula is C9H8ClN3O3S. The molecule has 1 rings (SSSR count). The van der Waals surface area contributed by atoms with E-state index in [1.807, 2.05) is 4.72 Å². The highest BCUT2D eigenvalue weighted by molar-refractivity contribution is 7.89. The van der Waals surface area contributed by atoms with Crippen molar-refractivity contribution in [2.45, 2.75) is 4.90 Å². The van der Waals surface area contributed by atoms with Gasteiger partial charge in [-0.05, 0) is 18.2 Å². The number of nitriles is 1. The molecule has 1 aromatic carbocycles. The van der Waals surface area contributed by atoms with Gasteiger partial charge < -0.3 is 5.73 Å². The van der Waals surface area contributed by atoms with Crippen molar-refractivity contribution in [1.82, 2.24) is 4.72 Å². The molecule has 0 aliphatic carbocycles. The lowest BCUT2D eigenvalue weighted by Crippen LogP contribution is -2.33. The number of primary amides is 1. The maximum atomic E-state index is 11.7. The van der Waals surface area contributed by atoms with Crippen LogP contribution in [-0.4, -0.2) is 20.9 Å². The number of sulfonamides is 1. The lowest BCUT2D eigenvalue weighted by molar-refractivity contribution is -0.116. The average Bonchev–Trinajstić information content (AvgIpc) is 2.26. The maximum absolute atomic E-state index is 11.7. The van der Waals surface area contributed by atoms with Crippen LogP contribution in [0, 0.1) is 11.3 Å². The summed E-state index contributed by atoms with van der Waals surface area (Å²) in [5, 5.41) is 8.94. The van der Waals surface area contributed by atoms with Gasteiger partial charge in [-0.3, -0.25) is 4.79 Å². The summed E-state index contributed by atoms with van der Waals surface area (Å²) in [6.07, 6.45) is 0. The van der Waals surface area contributed by atoms with Crippen LogP contribution in [0.2, 0.25) is 5.02 Å². The number of nitrogens with two attached hydrogens (primary N) is 1. The molecule has 0 bridgehead atoms. The molecule has 17 heavy (non-hydrogen) atoms. The van der Waals surface area contributed by atoms with Gasteiger partial charge in [0.25, 0.3) is 0 Å². The standard InChI is InChI=1S/C9H8ClN3O3S/c10-7-2-1-6(4-11)8(3-7)17(15,16)13-5-9(12)14/h1-3,13H,5H2,(H2,12,14). The molecule has 0 aromatic heterocycles. The number of amides is 1. The zero-order chi connectivity index (χ0) is 13.1. The Balaban J connectivity index is 3.19. The lowest BCUT2D eigenvalue weighted by atomic mass is 10.2. The molecule has 0 unspecified atom stereocenters. The van der Waals surface area contributed by atoms with E-state index in [4.69, 9.17) is 22.6 Å². The summed E-state index contributed by atoms with van der Waals surface area (Å²) < 4.78 is 25.4. The van der Waals surface area contributed by atoms with Gasteiger partial charge in [-0.25, -0.2) is 13.1 Å². The Morgan fingerprint density at radius 3 is 2.71 bits per heavy atom. The van der Waals surface area contributed by atoms with Crippen LogP contribution >= 0.6 is 11.6 Å². The Hall–Kier alpha value is -1.62. The number of carbonyl (C=O) groups excluding carboxylic acids is 1. The maximum Gasteiger partial charge on any atom is 0.242 e. The van der Waals surface area contributed by atoms with Gasteiger partial charge in [-0.2, -0.15) is 5.26 Å². The fourth-order valence-corrected chi connectivity index (χ4v) is 2.46. The molecular weight excluding hydrogens is 266 g/mol. The van der Waals surface area contributed by atoms with E-state index >= 15 is 0 Å². The summed E-state index contributed by atoms with van der Waals surface area (Å²) >= 11 is 5.65. The Morgan fingerprint density at radius 2 is 2.18 bits per heavy atom. The van der Waals surface area contributed by atoms with E-state index in [2.05, 4.69) is 0 Å². The number of nitrogens with zero attached hydrogens (tertiary/aromatic N) is 1. The monoisotopic (exact) mass is 273 g/mol. The number of nitrogens with one attached hydrogen (secondary N) is 1. The van der Waals surface area contributed by atoms with Crippen LogP contribution in [-0.2, 0) is 14.8 Å². The third-order valence-electron chi connectivity index (χ3n) is 1.79. The highest BCUT2D eigenvalue weighted by Crippen LogP contribution is 2.19. The average molecular weight is 274 g/mol. The van der Waals surface area contributed by atoms with E-state index in [9.17, 15) is 13.2 Å². The van der Waals surface area contributed by atoms with Gasteiger partial charge in [-0.15, -0.1) is 0 Å². The van der Waals surface area contributed by atoms with Crippen LogP contribution in [0.3, 0.4) is 0 Å². The van der Waals surface area contributed by atoms with Gasteiger partial charge in [-0.1, -0.05) is 11.6 Å². The van der Waals surface area contributed by atoms with Crippen LogP contribution in [0.25, 0.3) is 0 Å². The van der Waals surface area contributed by atoms with Crippen LogP contribution in [0.15, 0.2) is 23.1 Å². The molecule has 0 radical (unpaired) electrons. The van der Waals surface area contributed by atoms with Crippen molar-refractivity contribution in [2.24, 2.45) is 5.73 Å². The lowest BCUT2D eigenvalue weighted by Gasteiger charge is -2.06. The van der Waals surface area contributed by atoms with Crippen molar-refractivity contribution >= 4 is 27.5 Å². The van der Waals surface area contributed by atoms with Gasteiger partial charge in [0.15, 0.2) is 0 Å². The molecule has 0 aliphatic heterocycles. The van der Waals surface area contributed by atoms with E-state index in [1.165, 1.54) is 12.1 Å². The minimum Gasteiger partial charge on any atom is -0.369 e. The molecule has 0 saturated heterocycles. The van der Waals surface area contributed by atoms with E-state index in [0.29, 0.717) is 0 Å². The Labute approximate surface area is 103 Å². The number of rotatable bonds is 4. The van der Waals surface area contributed by atoms with Gasteiger partial charge >= 0.3 is 0 Å². The first kappa shape index (κ1) is 13.4. The molecule has 1 aromatic rings. The van der Waals surface area contributed by atoms with Crippen LogP contribution < -0.4 is 10.5 Å². The second kappa shape index (κ2) is 5.14. The van der Waals surface area contributed by atoms with E-state index in [0.717, 1.165) is 6.07 Å². The Morgan fingerprint density at radius 1 is 1.53 bits per heavy atom. The first-order valence-electron chi connectivity index (χ1n) is 4.34. The number of carbonyl (C=O) groups is 1. The summed E-state index contributed by atoms with van der Waals surface area (Å²) in [5.74, 6) is -0.825. The topological polar surface area (TPSA) is 113 Å². The predicted octanol–water partition coefficient (Wildman–Crippen LogP) is -0.0247. The normalized spacial score (nSPS) is 10.8. The van der Waals surface area contributed by atoms with E-state index in [-0.39, 0.29) is 15.5 Å². The molecule has 90 valence electrons. The molecule has 1 amide bonds. The molecule has 0 atom stereocenters. The fourth-order valence-electron chi connectivity index (χ4n) is 1.05. The van der Waals surface area contributed by atoms with E-state index < -0.39 is 22.5 Å². The van der Waals surface area contributed by atoms with Crippen molar-refractivity contribution in [3.8, 4) is 6.07 Å². The molecule has 0 aliphatic rings. The smallest absolute Gasteiger partial charge is 0.242 e.